The molecule has 10 nitrogen and oxygen atoms in total. The lowest BCUT2D eigenvalue weighted by atomic mass is 9.96. The molecule has 2 heterocycles. The van der Waals surface area contributed by atoms with Crippen molar-refractivity contribution in [3.05, 3.63) is 76.1 Å². The van der Waals surface area contributed by atoms with Crippen LogP contribution in [0.1, 0.15) is 57.1 Å². The molecule has 0 aliphatic carbocycles. The maximum atomic E-state index is 13.6. The number of aliphatic hydroxyl groups is 1. The molecule has 1 aliphatic heterocycles. The zero-order valence-corrected chi connectivity index (χ0v) is 24.5. The summed E-state index contributed by atoms with van der Waals surface area (Å²) in [6.07, 6.45) is 0.934. The van der Waals surface area contributed by atoms with Gasteiger partial charge in [0.15, 0.2) is 0 Å². The molecule has 0 spiro atoms. The van der Waals surface area contributed by atoms with Gasteiger partial charge in [0.05, 0.1) is 28.9 Å². The number of rotatable bonds is 10. The van der Waals surface area contributed by atoms with E-state index in [0.717, 1.165) is 13.1 Å². The van der Waals surface area contributed by atoms with Crippen LogP contribution in [0.4, 0.5) is 5.69 Å². The van der Waals surface area contributed by atoms with Gasteiger partial charge in [-0.05, 0) is 62.0 Å². The Bertz CT molecular complexity index is 1580. The van der Waals surface area contributed by atoms with Crippen molar-refractivity contribution in [3.63, 3.8) is 0 Å². The summed E-state index contributed by atoms with van der Waals surface area (Å²) in [5.74, 6) is -0.892. The van der Waals surface area contributed by atoms with Gasteiger partial charge in [0.2, 0.25) is 0 Å². The van der Waals surface area contributed by atoms with Crippen LogP contribution >= 0.6 is 0 Å². The second kappa shape index (κ2) is 12.9. The van der Waals surface area contributed by atoms with E-state index in [1.807, 2.05) is 13.8 Å². The SMILES string of the molecule is CCN(CC)CC(O)CNC(=O)c1c(C)[nH]c(/C=C2\C(=O)Nc3ccc(C(=O)N(C)C)cc32)c1-c1ccc(C#N)cc1. The summed E-state index contributed by atoms with van der Waals surface area (Å²) in [5.41, 5.74) is 5.13. The van der Waals surface area contributed by atoms with Gasteiger partial charge in [0.1, 0.15) is 0 Å². The first kappa shape index (κ1) is 30.2. The number of carbonyl (C=O) groups excluding carboxylic acids is 3. The van der Waals surface area contributed by atoms with Crippen LogP contribution in [0.2, 0.25) is 0 Å². The highest BCUT2D eigenvalue weighted by molar-refractivity contribution is 6.35. The van der Waals surface area contributed by atoms with Gasteiger partial charge < -0.3 is 30.5 Å². The van der Waals surface area contributed by atoms with Crippen molar-refractivity contribution in [1.82, 2.24) is 20.1 Å². The smallest absolute Gasteiger partial charge is 0.256 e. The van der Waals surface area contributed by atoms with Crippen LogP contribution < -0.4 is 10.6 Å². The van der Waals surface area contributed by atoms with Gasteiger partial charge in [-0.2, -0.15) is 5.26 Å². The van der Waals surface area contributed by atoms with Crippen molar-refractivity contribution in [3.8, 4) is 17.2 Å². The predicted octanol–water partition coefficient (Wildman–Crippen LogP) is 3.49. The molecule has 3 aromatic rings. The maximum Gasteiger partial charge on any atom is 0.256 e. The first-order chi connectivity index (χ1) is 20.1. The van der Waals surface area contributed by atoms with E-state index in [2.05, 4.69) is 26.6 Å². The van der Waals surface area contributed by atoms with Crippen LogP contribution in [0.5, 0.6) is 0 Å². The number of nitriles is 1. The largest absolute Gasteiger partial charge is 0.390 e. The van der Waals surface area contributed by atoms with Gasteiger partial charge in [0.25, 0.3) is 17.7 Å². The number of likely N-dealkylation sites (N-methyl/N-ethyl adjacent to an activating group) is 1. The summed E-state index contributed by atoms with van der Waals surface area (Å²) in [6.45, 7) is 7.89. The number of H-pyrrole nitrogens is 1. The van der Waals surface area contributed by atoms with E-state index in [-0.39, 0.29) is 24.3 Å². The third-order valence-electron chi connectivity index (χ3n) is 7.35. The number of amides is 3. The molecule has 4 N–H and O–H groups in total. The second-order valence-electron chi connectivity index (χ2n) is 10.4. The molecule has 0 bridgehead atoms. The number of nitrogens with one attached hydrogen (secondary N) is 3. The van der Waals surface area contributed by atoms with E-state index in [0.29, 0.717) is 62.6 Å². The van der Waals surface area contributed by atoms with E-state index in [1.165, 1.54) is 4.90 Å². The molecule has 0 radical (unpaired) electrons. The number of anilines is 1. The Labute approximate surface area is 245 Å². The fourth-order valence-corrected chi connectivity index (χ4v) is 5.06. The third-order valence-corrected chi connectivity index (χ3v) is 7.35. The molecule has 2 aromatic carbocycles. The number of aromatic amines is 1. The highest BCUT2D eigenvalue weighted by Gasteiger charge is 2.28. The zero-order chi connectivity index (χ0) is 30.6. The van der Waals surface area contributed by atoms with Crippen molar-refractivity contribution in [2.24, 2.45) is 0 Å². The molecule has 4 rings (SSSR count). The summed E-state index contributed by atoms with van der Waals surface area (Å²) in [4.78, 5) is 46.1. The number of nitrogens with zero attached hydrogens (tertiary/aromatic N) is 3. The second-order valence-corrected chi connectivity index (χ2v) is 10.4. The lowest BCUT2D eigenvalue weighted by Crippen LogP contribution is -2.40. The number of benzene rings is 2. The molecule has 0 fully saturated rings. The molecule has 1 aliphatic rings. The predicted molar refractivity (Wildman–Crippen MR) is 163 cm³/mol. The van der Waals surface area contributed by atoms with Crippen molar-refractivity contribution in [2.45, 2.75) is 26.9 Å². The monoisotopic (exact) mass is 568 g/mol. The number of hydrogen-bond acceptors (Lipinski definition) is 6. The number of aryl methyl sites for hydroxylation is 1. The molecule has 1 aromatic heterocycles. The standard InChI is InChI=1S/C32H36N6O4/c1-6-38(7-2)18-23(39)17-34-31(41)28-19(3)35-27(29(28)21-10-8-20(16-33)9-11-21)15-25-24-14-22(32(42)37(4)5)12-13-26(24)36-30(25)40/h8-15,23,35,39H,6-7,17-18H2,1-5H3,(H,34,41)(H,36,40)/b25-15-. The van der Waals surface area contributed by atoms with Crippen molar-refractivity contribution >= 4 is 35.1 Å². The molecular weight excluding hydrogens is 532 g/mol. The van der Waals surface area contributed by atoms with E-state index < -0.39 is 6.10 Å². The van der Waals surface area contributed by atoms with Crippen LogP contribution in [0.15, 0.2) is 42.5 Å². The molecule has 0 saturated carbocycles. The van der Waals surface area contributed by atoms with Gasteiger partial charge >= 0.3 is 0 Å². The molecule has 218 valence electrons. The highest BCUT2D eigenvalue weighted by atomic mass is 16.3. The fourth-order valence-electron chi connectivity index (χ4n) is 5.06. The van der Waals surface area contributed by atoms with Crippen molar-refractivity contribution in [2.75, 3.05) is 45.6 Å². The molecule has 3 amide bonds. The van der Waals surface area contributed by atoms with Gasteiger partial charge in [0, 0.05) is 61.0 Å². The zero-order valence-electron chi connectivity index (χ0n) is 24.5. The highest BCUT2D eigenvalue weighted by Crippen LogP contribution is 2.37. The van der Waals surface area contributed by atoms with Crippen molar-refractivity contribution in [1.29, 1.82) is 5.26 Å². The number of hydrogen-bond donors (Lipinski definition) is 4. The van der Waals surface area contributed by atoms with Gasteiger partial charge in [-0.25, -0.2) is 0 Å². The average Bonchev–Trinajstić information content (AvgIpc) is 3.48. The lowest BCUT2D eigenvalue weighted by molar-refractivity contribution is -0.110. The van der Waals surface area contributed by atoms with Gasteiger partial charge in [-0.3, -0.25) is 14.4 Å². The Hall–Kier alpha value is -4.72. The summed E-state index contributed by atoms with van der Waals surface area (Å²) >= 11 is 0. The topological polar surface area (TPSA) is 142 Å². The molecule has 10 heteroatoms. The van der Waals surface area contributed by atoms with E-state index in [9.17, 15) is 24.8 Å². The van der Waals surface area contributed by atoms with Crippen LogP contribution in [0, 0.1) is 18.3 Å². The Morgan fingerprint density at radius 3 is 2.43 bits per heavy atom. The van der Waals surface area contributed by atoms with E-state index in [4.69, 9.17) is 0 Å². The third kappa shape index (κ3) is 6.28. The quantitative estimate of drug-likeness (QED) is 0.276. The fraction of sp³-hybridized carbons (Fsp3) is 0.312. The maximum absolute atomic E-state index is 13.6. The first-order valence-corrected chi connectivity index (χ1v) is 13.9. The minimum atomic E-state index is -0.745. The Morgan fingerprint density at radius 2 is 1.81 bits per heavy atom. The van der Waals surface area contributed by atoms with Crippen LogP contribution in [0.25, 0.3) is 22.8 Å². The van der Waals surface area contributed by atoms with Crippen LogP contribution in [-0.2, 0) is 4.79 Å². The normalized spacial score (nSPS) is 14.0. The van der Waals surface area contributed by atoms with Gasteiger partial charge in [-0.15, -0.1) is 0 Å². The van der Waals surface area contributed by atoms with E-state index >= 15 is 0 Å². The molecule has 0 saturated heterocycles. The molecule has 1 unspecified atom stereocenters. The van der Waals surface area contributed by atoms with Crippen LogP contribution in [-0.4, -0.2) is 84.0 Å². The molecular formula is C32H36N6O4. The molecule has 42 heavy (non-hydrogen) atoms. The van der Waals surface area contributed by atoms with Crippen LogP contribution in [0.3, 0.4) is 0 Å². The minimum Gasteiger partial charge on any atom is -0.390 e. The minimum absolute atomic E-state index is 0.0711. The van der Waals surface area contributed by atoms with E-state index in [1.54, 1.807) is 69.6 Å². The number of aliphatic hydroxyl groups excluding tert-OH is 1. The van der Waals surface area contributed by atoms with Gasteiger partial charge in [-0.1, -0.05) is 26.0 Å². The number of carbonyl (C=O) groups is 3. The summed E-state index contributed by atoms with van der Waals surface area (Å²) < 4.78 is 0. The van der Waals surface area contributed by atoms with Crippen molar-refractivity contribution < 1.29 is 19.5 Å². The molecule has 1 atom stereocenters. The summed E-state index contributed by atoms with van der Waals surface area (Å²) in [5, 5.41) is 25.5. The Balaban J connectivity index is 1.77. The Morgan fingerprint density at radius 1 is 1.12 bits per heavy atom. The first-order valence-electron chi connectivity index (χ1n) is 13.9. The lowest BCUT2D eigenvalue weighted by Gasteiger charge is -2.22. The average molecular weight is 569 g/mol. The Kier molecular flexibility index (Phi) is 9.25. The summed E-state index contributed by atoms with van der Waals surface area (Å²) in [6, 6.07) is 14.0. The number of aromatic nitrogens is 1. The summed E-state index contributed by atoms with van der Waals surface area (Å²) in [7, 11) is 3.33. The number of fused-ring (bicyclic) bond motifs is 1.